The number of aryl methyl sites for hydroxylation is 1. The van der Waals surface area contributed by atoms with Gasteiger partial charge in [-0.15, -0.1) is 0 Å². The molecule has 0 bridgehead atoms. The average Bonchev–Trinajstić information content (AvgIpc) is 3.33. The van der Waals surface area contributed by atoms with Crippen LogP contribution in [-0.2, 0) is 5.41 Å². The number of amides is 3. The number of carbonyl (C=O) groups excluding carboxylic acids is 2. The number of nitrogens with one attached hydrogen (secondary N) is 4. The van der Waals surface area contributed by atoms with Crippen molar-refractivity contribution < 1.29 is 19.1 Å². The third-order valence-electron chi connectivity index (χ3n) is 5.80. The van der Waals surface area contributed by atoms with E-state index in [2.05, 4.69) is 51.9 Å². The van der Waals surface area contributed by atoms with E-state index in [1.807, 2.05) is 19.1 Å². The normalized spacial score (nSPS) is 11.2. The van der Waals surface area contributed by atoms with Gasteiger partial charge in [-0.3, -0.25) is 20.2 Å². The van der Waals surface area contributed by atoms with Crippen LogP contribution < -0.4 is 25.4 Å². The van der Waals surface area contributed by atoms with Crippen LogP contribution in [0.4, 0.5) is 16.3 Å². The lowest BCUT2D eigenvalue weighted by Crippen LogP contribution is -2.20. The lowest BCUT2D eigenvalue weighted by molar-refractivity contribution is 0.0960. The number of urea groups is 1. The van der Waals surface area contributed by atoms with Gasteiger partial charge in [0.25, 0.3) is 5.91 Å². The molecule has 37 heavy (non-hydrogen) atoms. The summed E-state index contributed by atoms with van der Waals surface area (Å²) in [6, 6.07) is 11.9. The second kappa shape index (κ2) is 10.2. The Morgan fingerprint density at radius 1 is 1.00 bits per heavy atom. The highest BCUT2D eigenvalue weighted by Gasteiger charge is 2.18. The smallest absolute Gasteiger partial charge is 0.324 e. The van der Waals surface area contributed by atoms with Crippen LogP contribution in [-0.4, -0.2) is 41.3 Å². The predicted octanol–water partition coefficient (Wildman–Crippen LogP) is 5.37. The van der Waals surface area contributed by atoms with E-state index in [1.165, 1.54) is 7.11 Å². The molecule has 3 amide bonds. The molecule has 0 aliphatic rings. The van der Waals surface area contributed by atoms with Gasteiger partial charge >= 0.3 is 6.03 Å². The molecule has 0 spiro atoms. The number of hydrogen-bond donors (Lipinski definition) is 4. The zero-order chi connectivity index (χ0) is 26.7. The second-order valence-electron chi connectivity index (χ2n) is 9.53. The summed E-state index contributed by atoms with van der Waals surface area (Å²) in [6.07, 6.45) is 1.63. The minimum Gasteiger partial charge on any atom is -0.496 e. The Balaban J connectivity index is 1.52. The summed E-state index contributed by atoms with van der Waals surface area (Å²) in [5, 5.41) is 16.0. The Bertz CT molecular complexity index is 1470. The van der Waals surface area contributed by atoms with E-state index in [0.717, 1.165) is 11.3 Å². The summed E-state index contributed by atoms with van der Waals surface area (Å²) in [5.74, 6) is 1.68. The first-order valence-electron chi connectivity index (χ1n) is 11.7. The van der Waals surface area contributed by atoms with Gasteiger partial charge in [0.2, 0.25) is 0 Å². The van der Waals surface area contributed by atoms with Gasteiger partial charge in [0.05, 0.1) is 18.2 Å². The number of fused-ring (bicyclic) bond motifs is 1. The summed E-state index contributed by atoms with van der Waals surface area (Å²) >= 11 is 0. The lowest BCUT2D eigenvalue weighted by Gasteiger charge is -2.14. The fourth-order valence-corrected chi connectivity index (χ4v) is 3.73. The number of nitrogens with zero attached hydrogens (tertiary/aromatic N) is 2. The molecule has 0 aliphatic carbocycles. The lowest BCUT2D eigenvalue weighted by atomic mass is 9.92. The van der Waals surface area contributed by atoms with Crippen molar-refractivity contribution in [2.24, 2.45) is 0 Å². The van der Waals surface area contributed by atoms with Crippen LogP contribution in [0.5, 0.6) is 17.2 Å². The number of pyridine rings is 1. The second-order valence-corrected chi connectivity index (χ2v) is 9.53. The van der Waals surface area contributed by atoms with Crippen molar-refractivity contribution in [2.45, 2.75) is 33.1 Å². The Kier molecular flexibility index (Phi) is 7.01. The first kappa shape index (κ1) is 25.5. The number of methoxy groups -OCH3 is 1. The number of carbonyl (C=O) groups is 2. The van der Waals surface area contributed by atoms with Crippen molar-refractivity contribution in [3.8, 4) is 17.2 Å². The number of H-pyrrole nitrogens is 1. The van der Waals surface area contributed by atoms with Crippen LogP contribution in [0.2, 0.25) is 0 Å². The van der Waals surface area contributed by atoms with Gasteiger partial charge in [0, 0.05) is 47.6 Å². The number of hydrogen-bond acceptors (Lipinski definition) is 6. The number of benzene rings is 2. The number of anilines is 2. The van der Waals surface area contributed by atoms with Crippen molar-refractivity contribution in [1.29, 1.82) is 0 Å². The highest BCUT2D eigenvalue weighted by atomic mass is 16.5. The first-order chi connectivity index (χ1) is 17.6. The SMILES string of the molecule is CNC(=O)c1cc2c(Oc3ccc(NC(=O)Nc4cc(C(C)(C)C)[nH]n4)c(C)c3)ccnc2cc1OC. The van der Waals surface area contributed by atoms with Crippen molar-refractivity contribution in [1.82, 2.24) is 20.5 Å². The summed E-state index contributed by atoms with van der Waals surface area (Å²) in [6.45, 7) is 8.05. The maximum atomic E-state index is 12.5. The minimum atomic E-state index is -0.403. The molecule has 4 aromatic rings. The first-order valence-corrected chi connectivity index (χ1v) is 11.7. The molecule has 0 saturated carbocycles. The van der Waals surface area contributed by atoms with E-state index in [4.69, 9.17) is 9.47 Å². The quantitative estimate of drug-likeness (QED) is 0.280. The molecule has 0 radical (unpaired) electrons. The largest absolute Gasteiger partial charge is 0.496 e. The van der Waals surface area contributed by atoms with Gasteiger partial charge in [-0.1, -0.05) is 20.8 Å². The predicted molar refractivity (Wildman–Crippen MR) is 143 cm³/mol. The van der Waals surface area contributed by atoms with E-state index >= 15 is 0 Å². The maximum absolute atomic E-state index is 12.5. The van der Waals surface area contributed by atoms with Crippen molar-refractivity contribution >= 4 is 34.3 Å². The van der Waals surface area contributed by atoms with Crippen molar-refractivity contribution in [3.63, 3.8) is 0 Å². The highest BCUT2D eigenvalue weighted by Crippen LogP contribution is 2.34. The van der Waals surface area contributed by atoms with Gasteiger partial charge in [-0.25, -0.2) is 4.79 Å². The van der Waals surface area contributed by atoms with Gasteiger partial charge < -0.3 is 20.1 Å². The molecule has 2 aromatic heterocycles. The fraction of sp³-hybridized carbons (Fsp3) is 0.259. The molecular weight excluding hydrogens is 472 g/mol. The van der Waals surface area contributed by atoms with Crippen molar-refractivity contribution in [2.75, 3.05) is 24.8 Å². The molecule has 2 heterocycles. The molecule has 0 atom stereocenters. The number of aromatic amines is 1. The van der Waals surface area contributed by atoms with Crippen LogP contribution in [0.3, 0.4) is 0 Å². The molecule has 2 aromatic carbocycles. The van der Waals surface area contributed by atoms with Gasteiger partial charge in [-0.2, -0.15) is 5.10 Å². The zero-order valence-corrected chi connectivity index (χ0v) is 21.6. The monoisotopic (exact) mass is 502 g/mol. The van der Waals surface area contributed by atoms with E-state index in [0.29, 0.717) is 45.2 Å². The Morgan fingerprint density at radius 3 is 2.43 bits per heavy atom. The molecule has 4 rings (SSSR count). The van der Waals surface area contributed by atoms with E-state index in [1.54, 1.807) is 43.6 Å². The minimum absolute atomic E-state index is 0.105. The Hall–Kier alpha value is -4.60. The van der Waals surface area contributed by atoms with Crippen LogP contribution >= 0.6 is 0 Å². The maximum Gasteiger partial charge on any atom is 0.324 e. The fourth-order valence-electron chi connectivity index (χ4n) is 3.73. The Morgan fingerprint density at radius 2 is 1.78 bits per heavy atom. The van der Waals surface area contributed by atoms with Crippen LogP contribution in [0.1, 0.15) is 42.4 Å². The summed E-state index contributed by atoms with van der Waals surface area (Å²) in [7, 11) is 3.06. The average molecular weight is 503 g/mol. The molecule has 0 aliphatic heterocycles. The van der Waals surface area contributed by atoms with E-state index in [9.17, 15) is 9.59 Å². The van der Waals surface area contributed by atoms with Crippen LogP contribution in [0, 0.1) is 6.92 Å². The zero-order valence-electron chi connectivity index (χ0n) is 21.6. The van der Waals surface area contributed by atoms with E-state index in [-0.39, 0.29) is 11.3 Å². The third-order valence-corrected chi connectivity index (χ3v) is 5.80. The summed E-state index contributed by atoms with van der Waals surface area (Å²) < 4.78 is 11.5. The molecule has 192 valence electrons. The molecule has 0 unspecified atom stereocenters. The molecule has 0 fully saturated rings. The van der Waals surface area contributed by atoms with Gasteiger partial charge in [0.1, 0.15) is 17.2 Å². The molecular formula is C27H30N6O4. The summed E-state index contributed by atoms with van der Waals surface area (Å²) in [5.41, 5.74) is 3.25. The number of aromatic nitrogens is 3. The van der Waals surface area contributed by atoms with Gasteiger partial charge in [-0.05, 0) is 42.8 Å². The third kappa shape index (κ3) is 5.64. The molecule has 4 N–H and O–H groups in total. The number of ether oxygens (including phenoxy) is 2. The molecule has 10 nitrogen and oxygen atoms in total. The molecule has 0 saturated heterocycles. The highest BCUT2D eigenvalue weighted by molar-refractivity contribution is 6.02. The van der Waals surface area contributed by atoms with Crippen molar-refractivity contribution in [3.05, 3.63) is 65.5 Å². The number of rotatable bonds is 6. The van der Waals surface area contributed by atoms with Crippen LogP contribution in [0.15, 0.2) is 48.7 Å². The van der Waals surface area contributed by atoms with Gasteiger partial charge in [0.15, 0.2) is 5.82 Å². The van der Waals surface area contributed by atoms with Crippen LogP contribution in [0.25, 0.3) is 10.9 Å². The Labute approximate surface area is 214 Å². The molecule has 10 heteroatoms. The topological polar surface area (TPSA) is 130 Å². The summed E-state index contributed by atoms with van der Waals surface area (Å²) in [4.78, 5) is 29.2. The standard InChI is InChI=1S/C27H30N6O4/c1-15-11-16(7-8-19(15)30-26(35)31-24-14-23(32-33-24)27(2,3)4)37-21-9-10-29-20-13-22(36-6)18(12-17(20)21)25(34)28-5/h7-14H,1-6H3,(H,28,34)(H3,30,31,32,33,35). The van der Waals surface area contributed by atoms with E-state index < -0.39 is 6.03 Å².